The molecule has 1 aliphatic rings. The van der Waals surface area contributed by atoms with Gasteiger partial charge in [0.1, 0.15) is 5.75 Å². The normalized spacial score (nSPS) is 16.9. The van der Waals surface area contributed by atoms with Crippen LogP contribution in [-0.2, 0) is 0 Å². The van der Waals surface area contributed by atoms with E-state index >= 15 is 0 Å². The fraction of sp³-hybridized carbons (Fsp3) is 0.350. The molecule has 3 aromatic rings. The molecule has 0 atom stereocenters. The second-order valence-corrected chi connectivity index (χ2v) is 6.96. The lowest BCUT2D eigenvalue weighted by Gasteiger charge is -2.31. The van der Waals surface area contributed by atoms with Crippen LogP contribution in [0.5, 0.6) is 5.75 Å². The molecule has 0 amide bonds. The van der Waals surface area contributed by atoms with Crippen molar-refractivity contribution < 1.29 is 5.11 Å². The number of fused-ring (bicyclic) bond motifs is 3. The van der Waals surface area contributed by atoms with Crippen molar-refractivity contribution in [3.05, 3.63) is 52.3 Å². The first-order valence-electron chi connectivity index (χ1n) is 8.51. The molecule has 24 heavy (non-hydrogen) atoms. The summed E-state index contributed by atoms with van der Waals surface area (Å²) in [5, 5.41) is 12.7. The van der Waals surface area contributed by atoms with E-state index in [4.69, 9.17) is 0 Å². The molecular formula is C20H22N2O2. The maximum atomic E-state index is 13.3. The van der Waals surface area contributed by atoms with E-state index in [1.807, 2.05) is 35.8 Å². The van der Waals surface area contributed by atoms with Gasteiger partial charge in [0.2, 0.25) is 0 Å². The second kappa shape index (κ2) is 5.64. The van der Waals surface area contributed by atoms with Crippen molar-refractivity contribution in [3.8, 4) is 5.75 Å². The Hall–Kier alpha value is -2.33. The summed E-state index contributed by atoms with van der Waals surface area (Å²) in [5.41, 5.74) is 1.99. The summed E-state index contributed by atoms with van der Waals surface area (Å²) in [6, 6.07) is 11.6. The van der Waals surface area contributed by atoms with Gasteiger partial charge in [-0.2, -0.15) is 0 Å². The number of aryl methyl sites for hydroxylation is 1. The highest BCUT2D eigenvalue weighted by Crippen LogP contribution is 2.31. The van der Waals surface area contributed by atoms with Crippen molar-refractivity contribution in [3.63, 3.8) is 0 Å². The summed E-state index contributed by atoms with van der Waals surface area (Å²) in [6.07, 6.45) is 1.91. The molecule has 1 aromatic heterocycles. The first-order valence-corrected chi connectivity index (χ1v) is 8.51. The number of aromatic nitrogens is 1. The van der Waals surface area contributed by atoms with Gasteiger partial charge in [0.15, 0.2) is 0 Å². The van der Waals surface area contributed by atoms with E-state index in [1.165, 1.54) is 0 Å². The minimum absolute atomic E-state index is 0.0568. The number of aromatic hydroxyl groups is 1. The van der Waals surface area contributed by atoms with Crippen LogP contribution in [0.3, 0.4) is 0 Å². The molecule has 2 heterocycles. The number of nitrogens with zero attached hydrogens (tertiary/aromatic N) is 2. The van der Waals surface area contributed by atoms with Crippen LogP contribution in [0.2, 0.25) is 0 Å². The minimum atomic E-state index is 0.0568. The van der Waals surface area contributed by atoms with Gasteiger partial charge in [-0.3, -0.25) is 4.79 Å². The number of benzene rings is 2. The highest BCUT2D eigenvalue weighted by Gasteiger charge is 2.22. The molecule has 0 aliphatic carbocycles. The summed E-state index contributed by atoms with van der Waals surface area (Å²) in [6.45, 7) is 3.99. The zero-order chi connectivity index (χ0) is 16.8. The Morgan fingerprint density at radius 2 is 1.71 bits per heavy atom. The third-order valence-corrected chi connectivity index (χ3v) is 5.21. The average molecular weight is 322 g/mol. The molecule has 0 bridgehead atoms. The van der Waals surface area contributed by atoms with Gasteiger partial charge in [-0.15, -0.1) is 0 Å². The maximum Gasteiger partial charge on any atom is 0.259 e. The first kappa shape index (κ1) is 15.2. The Kier molecular flexibility index (Phi) is 3.57. The molecule has 0 radical (unpaired) electrons. The number of phenolic OH excluding ortho intramolecular Hbond substituents is 1. The lowest BCUT2D eigenvalue weighted by Crippen LogP contribution is -2.35. The molecule has 124 valence electrons. The van der Waals surface area contributed by atoms with Crippen molar-refractivity contribution >= 4 is 21.7 Å². The van der Waals surface area contributed by atoms with E-state index in [0.717, 1.165) is 53.2 Å². The summed E-state index contributed by atoms with van der Waals surface area (Å²) < 4.78 is 1.92. The summed E-state index contributed by atoms with van der Waals surface area (Å²) in [7, 11) is 2.12. The van der Waals surface area contributed by atoms with Crippen LogP contribution in [0.1, 0.15) is 24.4 Å². The molecule has 1 fully saturated rings. The molecule has 4 heteroatoms. The van der Waals surface area contributed by atoms with Gasteiger partial charge < -0.3 is 14.6 Å². The van der Waals surface area contributed by atoms with Gasteiger partial charge in [0, 0.05) is 22.9 Å². The molecule has 0 unspecified atom stereocenters. The molecule has 0 spiro atoms. The fourth-order valence-electron chi connectivity index (χ4n) is 3.87. The summed E-state index contributed by atoms with van der Waals surface area (Å²) in [4.78, 5) is 15.6. The Morgan fingerprint density at radius 3 is 2.46 bits per heavy atom. The third-order valence-electron chi connectivity index (χ3n) is 5.21. The molecule has 1 N–H and O–H groups in total. The van der Waals surface area contributed by atoms with Crippen LogP contribution in [0.15, 0.2) is 41.2 Å². The van der Waals surface area contributed by atoms with Gasteiger partial charge in [-0.25, -0.2) is 0 Å². The highest BCUT2D eigenvalue weighted by molar-refractivity contribution is 6.06. The Balaban J connectivity index is 2.07. The lowest BCUT2D eigenvalue weighted by molar-refractivity contribution is 0.222. The third kappa shape index (κ3) is 2.38. The molecule has 4 nitrogen and oxygen atoms in total. The Bertz CT molecular complexity index is 982. The zero-order valence-corrected chi connectivity index (χ0v) is 14.1. The summed E-state index contributed by atoms with van der Waals surface area (Å²) in [5.74, 6) is 0.204. The standard InChI is InChI=1S/C20H22N2O2/c1-13-3-5-16-17-6-4-15(23)12-19(17)22(20(24)18(16)11-13)14-7-9-21(2)10-8-14/h3-6,11-12,14,23H,7-10H2,1-2H3. The molecule has 2 aromatic carbocycles. The van der Waals surface area contributed by atoms with Crippen LogP contribution in [0, 0.1) is 6.92 Å². The Morgan fingerprint density at radius 1 is 1.00 bits per heavy atom. The number of rotatable bonds is 1. The topological polar surface area (TPSA) is 45.5 Å². The Labute approximate surface area is 140 Å². The number of phenols is 1. The lowest BCUT2D eigenvalue weighted by atomic mass is 10.00. The predicted octanol–water partition coefficient (Wildman–Crippen LogP) is 3.44. The van der Waals surface area contributed by atoms with E-state index in [1.54, 1.807) is 12.1 Å². The number of likely N-dealkylation sites (tertiary alicyclic amines) is 1. The highest BCUT2D eigenvalue weighted by atomic mass is 16.3. The van der Waals surface area contributed by atoms with Crippen LogP contribution in [0.25, 0.3) is 21.7 Å². The van der Waals surface area contributed by atoms with E-state index in [0.29, 0.717) is 0 Å². The van der Waals surface area contributed by atoms with E-state index in [9.17, 15) is 9.90 Å². The number of piperidine rings is 1. The molecule has 1 aliphatic heterocycles. The van der Waals surface area contributed by atoms with E-state index in [-0.39, 0.29) is 17.4 Å². The van der Waals surface area contributed by atoms with Crippen molar-refractivity contribution in [1.29, 1.82) is 0 Å². The van der Waals surface area contributed by atoms with Gasteiger partial charge in [-0.1, -0.05) is 17.7 Å². The van der Waals surface area contributed by atoms with Crippen molar-refractivity contribution in [1.82, 2.24) is 9.47 Å². The van der Waals surface area contributed by atoms with E-state index < -0.39 is 0 Å². The van der Waals surface area contributed by atoms with Gasteiger partial charge in [0.05, 0.1) is 5.52 Å². The maximum absolute atomic E-state index is 13.3. The number of hydrogen-bond acceptors (Lipinski definition) is 3. The molecule has 0 saturated carbocycles. The largest absolute Gasteiger partial charge is 0.508 e. The van der Waals surface area contributed by atoms with Crippen molar-refractivity contribution in [2.75, 3.05) is 20.1 Å². The van der Waals surface area contributed by atoms with Crippen LogP contribution in [0.4, 0.5) is 0 Å². The van der Waals surface area contributed by atoms with Gasteiger partial charge >= 0.3 is 0 Å². The van der Waals surface area contributed by atoms with Crippen LogP contribution < -0.4 is 5.56 Å². The molecule has 4 rings (SSSR count). The van der Waals surface area contributed by atoms with Gasteiger partial charge in [0.25, 0.3) is 5.56 Å². The van der Waals surface area contributed by atoms with Crippen LogP contribution in [-0.4, -0.2) is 34.7 Å². The van der Waals surface area contributed by atoms with Crippen molar-refractivity contribution in [2.45, 2.75) is 25.8 Å². The van der Waals surface area contributed by atoms with Gasteiger partial charge in [-0.05, 0) is 63.5 Å². The smallest absolute Gasteiger partial charge is 0.259 e. The van der Waals surface area contributed by atoms with Crippen LogP contribution >= 0.6 is 0 Å². The quantitative estimate of drug-likeness (QED) is 0.698. The number of pyridine rings is 1. The first-order chi connectivity index (χ1) is 11.5. The SMILES string of the molecule is Cc1ccc2c(c1)c(=O)n(C1CCN(C)CC1)c1cc(O)ccc21. The van der Waals surface area contributed by atoms with Crippen molar-refractivity contribution in [2.24, 2.45) is 0 Å². The average Bonchev–Trinajstić information content (AvgIpc) is 2.57. The predicted molar refractivity (Wildman–Crippen MR) is 97.9 cm³/mol. The van der Waals surface area contributed by atoms with E-state index in [2.05, 4.69) is 11.9 Å². The second-order valence-electron chi connectivity index (χ2n) is 6.96. The molecule has 1 saturated heterocycles. The zero-order valence-electron chi connectivity index (χ0n) is 14.1. The fourth-order valence-corrected chi connectivity index (χ4v) is 3.87. The summed E-state index contributed by atoms with van der Waals surface area (Å²) >= 11 is 0. The monoisotopic (exact) mass is 322 g/mol. The number of hydrogen-bond donors (Lipinski definition) is 1. The minimum Gasteiger partial charge on any atom is -0.508 e. The molecular weight excluding hydrogens is 300 g/mol.